The van der Waals surface area contributed by atoms with E-state index in [2.05, 4.69) is 51.9 Å². The van der Waals surface area contributed by atoms with Gasteiger partial charge in [0.25, 0.3) is 0 Å². The van der Waals surface area contributed by atoms with Crippen molar-refractivity contribution in [1.82, 2.24) is 10.2 Å². The van der Waals surface area contributed by atoms with Crippen molar-refractivity contribution in [3.63, 3.8) is 0 Å². The smallest absolute Gasteiger partial charge is 0.0760 e. The molecule has 2 rings (SSSR count). The predicted octanol–water partition coefficient (Wildman–Crippen LogP) is 2.90. The molecule has 3 heteroatoms. The third-order valence-electron chi connectivity index (χ3n) is 4.87. The topological polar surface area (TPSA) is 24.5 Å². The van der Waals surface area contributed by atoms with Gasteiger partial charge in [-0.3, -0.25) is 4.90 Å². The lowest BCUT2D eigenvalue weighted by Gasteiger charge is -2.49. The molecule has 3 atom stereocenters. The van der Waals surface area contributed by atoms with Crippen LogP contribution in [0.4, 0.5) is 0 Å². The normalized spacial score (nSPS) is 37.8. The van der Waals surface area contributed by atoms with E-state index in [-0.39, 0.29) is 11.2 Å². The third kappa shape index (κ3) is 4.19. The SMILES string of the molecule is CNC1CCC(C)CC1CN1CC(C)(C)OC(C)(C)C1. The van der Waals surface area contributed by atoms with Crippen LogP contribution in [0.1, 0.15) is 53.9 Å². The largest absolute Gasteiger partial charge is 0.367 e. The number of hydrogen-bond acceptors (Lipinski definition) is 3. The number of hydrogen-bond donors (Lipinski definition) is 1. The first kappa shape index (κ1) is 16.3. The van der Waals surface area contributed by atoms with Gasteiger partial charge in [0.1, 0.15) is 0 Å². The summed E-state index contributed by atoms with van der Waals surface area (Å²) < 4.78 is 6.20. The first-order valence-corrected chi connectivity index (χ1v) is 8.30. The van der Waals surface area contributed by atoms with Gasteiger partial charge in [-0.1, -0.05) is 6.92 Å². The van der Waals surface area contributed by atoms with Crippen LogP contribution in [0.3, 0.4) is 0 Å². The molecule has 2 fully saturated rings. The molecule has 118 valence electrons. The summed E-state index contributed by atoms with van der Waals surface area (Å²) in [4.78, 5) is 2.64. The molecule has 0 aromatic rings. The fourth-order valence-corrected chi connectivity index (χ4v) is 4.49. The van der Waals surface area contributed by atoms with Gasteiger partial charge in [0.2, 0.25) is 0 Å². The lowest BCUT2D eigenvalue weighted by Crippen LogP contribution is -2.59. The Balaban J connectivity index is 2.00. The van der Waals surface area contributed by atoms with Crippen molar-refractivity contribution in [3.8, 4) is 0 Å². The summed E-state index contributed by atoms with van der Waals surface area (Å²) in [6.45, 7) is 14.6. The van der Waals surface area contributed by atoms with E-state index in [4.69, 9.17) is 4.74 Å². The molecule has 0 aromatic carbocycles. The summed E-state index contributed by atoms with van der Waals surface area (Å²) in [5.74, 6) is 1.67. The van der Waals surface area contributed by atoms with Crippen molar-refractivity contribution in [1.29, 1.82) is 0 Å². The molecule has 2 aliphatic rings. The van der Waals surface area contributed by atoms with E-state index in [1.165, 1.54) is 25.8 Å². The Morgan fingerprint density at radius 2 is 1.70 bits per heavy atom. The number of nitrogens with one attached hydrogen (secondary N) is 1. The van der Waals surface area contributed by atoms with Gasteiger partial charge >= 0.3 is 0 Å². The van der Waals surface area contributed by atoms with Crippen molar-refractivity contribution >= 4 is 0 Å². The predicted molar refractivity (Wildman–Crippen MR) is 85.0 cm³/mol. The van der Waals surface area contributed by atoms with Crippen molar-refractivity contribution < 1.29 is 4.74 Å². The highest BCUT2D eigenvalue weighted by Crippen LogP contribution is 2.33. The molecule has 1 saturated heterocycles. The summed E-state index contributed by atoms with van der Waals surface area (Å²) in [6, 6.07) is 0.695. The molecule has 0 radical (unpaired) electrons. The fraction of sp³-hybridized carbons (Fsp3) is 1.00. The van der Waals surface area contributed by atoms with Crippen LogP contribution >= 0.6 is 0 Å². The number of morpholine rings is 1. The van der Waals surface area contributed by atoms with Crippen molar-refractivity contribution in [2.24, 2.45) is 11.8 Å². The van der Waals surface area contributed by atoms with Crippen LogP contribution in [0.2, 0.25) is 0 Å². The van der Waals surface area contributed by atoms with Crippen LogP contribution in [0.15, 0.2) is 0 Å². The molecule has 20 heavy (non-hydrogen) atoms. The van der Waals surface area contributed by atoms with E-state index in [1.807, 2.05) is 0 Å². The van der Waals surface area contributed by atoms with Gasteiger partial charge in [-0.2, -0.15) is 0 Å². The molecule has 1 aliphatic heterocycles. The van der Waals surface area contributed by atoms with Crippen molar-refractivity contribution in [2.45, 2.75) is 71.1 Å². The van der Waals surface area contributed by atoms with E-state index in [1.54, 1.807) is 0 Å². The summed E-state index contributed by atoms with van der Waals surface area (Å²) in [5, 5.41) is 3.55. The van der Waals surface area contributed by atoms with Crippen LogP contribution in [0.25, 0.3) is 0 Å². The quantitative estimate of drug-likeness (QED) is 0.861. The van der Waals surface area contributed by atoms with Crippen LogP contribution < -0.4 is 5.32 Å². The van der Waals surface area contributed by atoms with Crippen LogP contribution in [-0.2, 0) is 4.74 Å². The van der Waals surface area contributed by atoms with E-state index in [0.29, 0.717) is 6.04 Å². The molecule has 1 heterocycles. The molecular weight excluding hydrogens is 248 g/mol. The molecule has 0 bridgehead atoms. The summed E-state index contributed by atoms with van der Waals surface area (Å²) in [7, 11) is 2.13. The van der Waals surface area contributed by atoms with E-state index < -0.39 is 0 Å². The Hall–Kier alpha value is -0.120. The van der Waals surface area contributed by atoms with E-state index in [9.17, 15) is 0 Å². The zero-order valence-corrected chi connectivity index (χ0v) is 14.3. The van der Waals surface area contributed by atoms with Gasteiger partial charge in [-0.05, 0) is 65.8 Å². The summed E-state index contributed by atoms with van der Waals surface area (Å²) >= 11 is 0. The molecule has 0 spiro atoms. The standard InChI is InChI=1S/C17H34N2O/c1-13-7-8-15(18-6)14(9-13)10-19-11-16(2,3)20-17(4,5)12-19/h13-15,18H,7-12H2,1-6H3. The molecule has 0 amide bonds. The van der Waals surface area contributed by atoms with Gasteiger partial charge in [-0.15, -0.1) is 0 Å². The second kappa shape index (κ2) is 5.94. The Morgan fingerprint density at radius 3 is 2.25 bits per heavy atom. The minimum Gasteiger partial charge on any atom is -0.367 e. The summed E-state index contributed by atoms with van der Waals surface area (Å²) in [5.41, 5.74) is -0.0612. The molecule has 3 nitrogen and oxygen atoms in total. The zero-order valence-electron chi connectivity index (χ0n) is 14.3. The third-order valence-corrected chi connectivity index (χ3v) is 4.87. The lowest BCUT2D eigenvalue weighted by molar-refractivity contribution is -0.183. The average molecular weight is 282 g/mol. The summed E-state index contributed by atoms with van der Waals surface area (Å²) in [6.07, 6.45) is 4.07. The molecule has 3 unspecified atom stereocenters. The number of ether oxygens (including phenoxy) is 1. The van der Waals surface area contributed by atoms with Gasteiger partial charge in [0, 0.05) is 25.7 Å². The van der Waals surface area contributed by atoms with Gasteiger partial charge in [-0.25, -0.2) is 0 Å². The van der Waals surface area contributed by atoms with Gasteiger partial charge < -0.3 is 10.1 Å². The highest BCUT2D eigenvalue weighted by atomic mass is 16.5. The molecular formula is C17H34N2O. The fourth-order valence-electron chi connectivity index (χ4n) is 4.49. The van der Waals surface area contributed by atoms with Gasteiger partial charge in [0.05, 0.1) is 11.2 Å². The molecule has 0 aromatic heterocycles. The Morgan fingerprint density at radius 1 is 1.10 bits per heavy atom. The van der Waals surface area contributed by atoms with Crippen LogP contribution in [0.5, 0.6) is 0 Å². The highest BCUT2D eigenvalue weighted by Gasteiger charge is 2.39. The van der Waals surface area contributed by atoms with E-state index in [0.717, 1.165) is 24.9 Å². The highest BCUT2D eigenvalue weighted by molar-refractivity contribution is 4.92. The number of rotatable bonds is 3. The Kier molecular flexibility index (Phi) is 4.83. The second-order valence-corrected chi connectivity index (χ2v) is 8.36. The minimum absolute atomic E-state index is 0.0306. The minimum atomic E-state index is -0.0306. The van der Waals surface area contributed by atoms with E-state index >= 15 is 0 Å². The first-order valence-electron chi connectivity index (χ1n) is 8.30. The van der Waals surface area contributed by atoms with Crippen LogP contribution in [-0.4, -0.2) is 48.8 Å². The zero-order chi connectivity index (χ0) is 15.0. The maximum absolute atomic E-state index is 6.20. The van der Waals surface area contributed by atoms with Crippen LogP contribution in [0, 0.1) is 11.8 Å². The Bertz CT molecular complexity index is 311. The molecule has 1 aliphatic carbocycles. The monoisotopic (exact) mass is 282 g/mol. The lowest BCUT2D eigenvalue weighted by atomic mass is 9.78. The van der Waals surface area contributed by atoms with Crippen molar-refractivity contribution in [2.75, 3.05) is 26.7 Å². The second-order valence-electron chi connectivity index (χ2n) is 8.36. The number of nitrogens with zero attached hydrogens (tertiary/aromatic N) is 1. The maximum Gasteiger partial charge on any atom is 0.0760 e. The first-order chi connectivity index (χ1) is 9.21. The van der Waals surface area contributed by atoms with Crippen molar-refractivity contribution in [3.05, 3.63) is 0 Å². The molecule has 1 saturated carbocycles. The van der Waals surface area contributed by atoms with Gasteiger partial charge in [0.15, 0.2) is 0 Å². The molecule has 1 N–H and O–H groups in total. The Labute approximate surface area is 125 Å². The average Bonchev–Trinajstić information content (AvgIpc) is 2.24. The maximum atomic E-state index is 6.20.